The van der Waals surface area contributed by atoms with Crippen molar-refractivity contribution in [2.75, 3.05) is 13.2 Å². The average Bonchev–Trinajstić information content (AvgIpc) is 2.73. The first-order valence-corrected chi connectivity index (χ1v) is 8.54. The molecule has 2 N–H and O–H groups in total. The Morgan fingerprint density at radius 1 is 0.815 bits per heavy atom. The van der Waals surface area contributed by atoms with Crippen LogP contribution in [0.15, 0.2) is 91.0 Å². The Kier molecular flexibility index (Phi) is 8.34. The fourth-order valence-electron chi connectivity index (χ4n) is 2.27. The number of aliphatic hydroxyl groups excluding tert-OH is 1. The lowest BCUT2D eigenvalue weighted by molar-refractivity contribution is -0.131. The molecule has 0 aromatic heterocycles. The summed E-state index contributed by atoms with van der Waals surface area (Å²) < 4.78 is 5.15. The van der Waals surface area contributed by atoms with Crippen molar-refractivity contribution in [2.45, 2.75) is 0 Å². The van der Waals surface area contributed by atoms with Gasteiger partial charge in [0.15, 0.2) is 0 Å². The minimum Gasteiger partial charge on any atom is -0.491 e. The zero-order valence-electron chi connectivity index (χ0n) is 14.9. The third kappa shape index (κ3) is 7.59. The van der Waals surface area contributed by atoms with Crippen molar-refractivity contribution in [1.29, 1.82) is 0 Å². The quantitative estimate of drug-likeness (QED) is 0.633. The smallest absolute Gasteiger partial charge is 0.328 e. The van der Waals surface area contributed by atoms with Crippen LogP contribution in [0.5, 0.6) is 5.75 Å². The largest absolute Gasteiger partial charge is 0.491 e. The van der Waals surface area contributed by atoms with Gasteiger partial charge in [0.05, 0.1) is 6.61 Å². The van der Waals surface area contributed by atoms with Crippen LogP contribution in [0.4, 0.5) is 0 Å². The Labute approximate surface area is 159 Å². The fraction of sp³-hybridized carbons (Fsp3) is 0.0870. The van der Waals surface area contributed by atoms with Gasteiger partial charge in [0.2, 0.25) is 0 Å². The summed E-state index contributed by atoms with van der Waals surface area (Å²) in [5.41, 5.74) is 3.34. The maximum Gasteiger partial charge on any atom is 0.328 e. The Morgan fingerprint density at radius 3 is 1.78 bits per heavy atom. The third-order valence-electron chi connectivity index (χ3n) is 3.54. The highest BCUT2D eigenvalue weighted by molar-refractivity contribution is 5.85. The summed E-state index contributed by atoms with van der Waals surface area (Å²) in [6.45, 7) is 0.227. The number of hydrogen-bond acceptors (Lipinski definition) is 3. The van der Waals surface area contributed by atoms with E-state index < -0.39 is 5.97 Å². The molecular weight excluding hydrogens is 340 g/mol. The molecular formula is C23H22O4. The predicted octanol–water partition coefficient (Wildman–Crippen LogP) is 4.51. The molecule has 0 aliphatic carbocycles. The van der Waals surface area contributed by atoms with Crippen LogP contribution in [0.2, 0.25) is 0 Å². The van der Waals surface area contributed by atoms with Crippen LogP contribution in [-0.2, 0) is 4.79 Å². The van der Waals surface area contributed by atoms with E-state index in [-0.39, 0.29) is 13.2 Å². The van der Waals surface area contributed by atoms with Crippen molar-refractivity contribution in [3.05, 3.63) is 96.6 Å². The second-order valence-corrected chi connectivity index (χ2v) is 5.54. The van der Waals surface area contributed by atoms with Gasteiger partial charge < -0.3 is 14.9 Å². The Hall–Kier alpha value is -3.37. The molecule has 4 nitrogen and oxygen atoms in total. The molecule has 0 amide bonds. The summed E-state index contributed by atoms with van der Waals surface area (Å²) in [5.74, 6) is -0.327. The molecule has 3 rings (SSSR count). The molecule has 27 heavy (non-hydrogen) atoms. The molecule has 138 valence electrons. The molecule has 0 fully saturated rings. The summed E-state index contributed by atoms with van der Waals surface area (Å²) in [6.07, 6.45) is 2.57. The number of carbonyl (C=O) groups is 1. The minimum atomic E-state index is -0.976. The molecule has 3 aromatic carbocycles. The Balaban J connectivity index is 0.000000198. The van der Waals surface area contributed by atoms with Gasteiger partial charge in [0.25, 0.3) is 0 Å². The molecule has 0 saturated carbocycles. The van der Waals surface area contributed by atoms with E-state index in [1.165, 1.54) is 17.2 Å². The van der Waals surface area contributed by atoms with E-state index in [1.807, 2.05) is 12.1 Å². The van der Waals surface area contributed by atoms with E-state index in [0.717, 1.165) is 11.6 Å². The zero-order valence-corrected chi connectivity index (χ0v) is 14.9. The molecule has 3 aromatic rings. The maximum absolute atomic E-state index is 10.2. The summed E-state index contributed by atoms with van der Waals surface area (Å²) >= 11 is 0. The van der Waals surface area contributed by atoms with E-state index in [1.54, 1.807) is 24.3 Å². The highest BCUT2D eigenvalue weighted by Crippen LogP contribution is 2.17. The van der Waals surface area contributed by atoms with Crippen molar-refractivity contribution in [1.82, 2.24) is 0 Å². The molecule has 0 unspecified atom stereocenters. The van der Waals surface area contributed by atoms with Crippen molar-refractivity contribution in [2.24, 2.45) is 0 Å². The summed E-state index contributed by atoms with van der Waals surface area (Å²) in [5, 5.41) is 16.9. The van der Waals surface area contributed by atoms with Crippen LogP contribution in [-0.4, -0.2) is 29.4 Å². The molecule has 0 saturated heterocycles. The third-order valence-corrected chi connectivity index (χ3v) is 3.54. The van der Waals surface area contributed by atoms with Gasteiger partial charge >= 0.3 is 5.97 Å². The number of benzene rings is 3. The highest BCUT2D eigenvalue weighted by Gasteiger charge is 1.94. The molecule has 0 heterocycles. The van der Waals surface area contributed by atoms with Crippen molar-refractivity contribution in [3.8, 4) is 16.9 Å². The molecule has 0 bridgehead atoms. The number of aliphatic carboxylic acids is 1. The summed E-state index contributed by atoms with van der Waals surface area (Å²) in [4.78, 5) is 10.2. The van der Waals surface area contributed by atoms with Gasteiger partial charge in [-0.15, -0.1) is 0 Å². The van der Waals surface area contributed by atoms with E-state index in [2.05, 4.69) is 48.5 Å². The normalized spacial score (nSPS) is 10.1. The number of ether oxygens (including phenoxy) is 1. The Bertz CT molecular complexity index is 788. The van der Waals surface area contributed by atoms with Gasteiger partial charge in [0, 0.05) is 6.08 Å². The van der Waals surface area contributed by atoms with Crippen molar-refractivity contribution < 1.29 is 19.7 Å². The van der Waals surface area contributed by atoms with Gasteiger partial charge in [-0.25, -0.2) is 4.79 Å². The second kappa shape index (κ2) is 11.3. The highest BCUT2D eigenvalue weighted by atomic mass is 16.5. The van der Waals surface area contributed by atoms with E-state index >= 15 is 0 Å². The maximum atomic E-state index is 10.2. The summed E-state index contributed by atoms with van der Waals surface area (Å²) in [6, 6.07) is 27.7. The molecule has 0 aliphatic rings. The minimum absolute atomic E-state index is 0.0271. The standard InChI is InChI=1S/C12H10.C11H12O4/c1-3-7-11(8-4-1)12-9-5-2-6-10-12;12-7-8-15-10-4-1-9(2-5-10)3-6-11(13)14/h1-10H;1-6,12H,7-8H2,(H,13,14)/b;6-3+. The topological polar surface area (TPSA) is 66.8 Å². The molecule has 0 radical (unpaired) electrons. The van der Waals surface area contributed by atoms with Crippen LogP contribution < -0.4 is 4.74 Å². The SMILES string of the molecule is O=C(O)/C=C/c1ccc(OCCO)cc1.c1ccc(-c2ccccc2)cc1. The van der Waals surface area contributed by atoms with Crippen LogP contribution in [0.25, 0.3) is 17.2 Å². The van der Waals surface area contributed by atoms with E-state index in [4.69, 9.17) is 14.9 Å². The first-order chi connectivity index (χ1) is 13.2. The molecule has 0 atom stereocenters. The van der Waals surface area contributed by atoms with Gasteiger partial charge in [-0.05, 0) is 34.9 Å². The van der Waals surface area contributed by atoms with Gasteiger partial charge in [-0.2, -0.15) is 0 Å². The summed E-state index contributed by atoms with van der Waals surface area (Å²) in [7, 11) is 0. The molecule has 0 spiro atoms. The number of rotatable bonds is 6. The number of carboxylic acid groups (broad SMARTS) is 1. The Morgan fingerprint density at radius 2 is 1.33 bits per heavy atom. The lowest BCUT2D eigenvalue weighted by Gasteiger charge is -2.03. The van der Waals surface area contributed by atoms with Crippen molar-refractivity contribution >= 4 is 12.0 Å². The lowest BCUT2D eigenvalue weighted by atomic mass is 10.1. The lowest BCUT2D eigenvalue weighted by Crippen LogP contribution is -2.01. The van der Waals surface area contributed by atoms with Gasteiger partial charge in [-0.3, -0.25) is 0 Å². The second-order valence-electron chi connectivity index (χ2n) is 5.54. The first-order valence-electron chi connectivity index (χ1n) is 8.54. The molecule has 4 heteroatoms. The van der Waals surface area contributed by atoms with Crippen LogP contribution in [0.1, 0.15) is 5.56 Å². The molecule has 0 aliphatic heterocycles. The van der Waals surface area contributed by atoms with Crippen LogP contribution in [0.3, 0.4) is 0 Å². The fourth-order valence-corrected chi connectivity index (χ4v) is 2.27. The van der Waals surface area contributed by atoms with Crippen LogP contribution >= 0.6 is 0 Å². The van der Waals surface area contributed by atoms with Crippen LogP contribution in [0, 0.1) is 0 Å². The van der Waals surface area contributed by atoms with E-state index in [0.29, 0.717) is 5.75 Å². The zero-order chi connectivity index (χ0) is 19.3. The number of hydrogen-bond donors (Lipinski definition) is 2. The van der Waals surface area contributed by atoms with Gasteiger partial charge in [0.1, 0.15) is 12.4 Å². The monoisotopic (exact) mass is 362 g/mol. The first kappa shape index (κ1) is 19.9. The van der Waals surface area contributed by atoms with E-state index in [9.17, 15) is 4.79 Å². The average molecular weight is 362 g/mol. The van der Waals surface area contributed by atoms with Gasteiger partial charge in [-0.1, -0.05) is 72.8 Å². The van der Waals surface area contributed by atoms with Crippen molar-refractivity contribution in [3.63, 3.8) is 0 Å². The predicted molar refractivity (Wildman–Crippen MR) is 108 cm³/mol. The number of carboxylic acids is 1. The number of aliphatic hydroxyl groups is 1.